The van der Waals surface area contributed by atoms with Crippen molar-refractivity contribution in [2.45, 2.75) is 14.4 Å². The highest BCUT2D eigenvalue weighted by atomic mass is 16.5. The van der Waals surface area contributed by atoms with Crippen LogP contribution in [0.5, 0.6) is 11.5 Å². The number of hydrogen-bond donors (Lipinski definition) is 1. The largest absolute Gasteiger partial charge is 0.497 e. The molecule has 0 saturated carbocycles. The van der Waals surface area contributed by atoms with Crippen LogP contribution >= 0.6 is 0 Å². The standard InChI is InChI=1S/C17H17NO4.CH4/c1-12(19)13-6-8-14(9-7-13)18-17(20)11-22-16-5-3-4-15(10-16)21-2;/h3-10H,11H2,1-2H3,(H,18,20);1H4. The van der Waals surface area contributed by atoms with Crippen molar-refractivity contribution in [2.24, 2.45) is 0 Å². The molecule has 1 amide bonds. The third-order valence-corrected chi connectivity index (χ3v) is 2.99. The van der Waals surface area contributed by atoms with Crippen LogP contribution in [0.25, 0.3) is 0 Å². The number of ether oxygens (including phenoxy) is 2. The summed E-state index contributed by atoms with van der Waals surface area (Å²) in [7, 11) is 1.57. The Labute approximate surface area is 136 Å². The zero-order valence-corrected chi connectivity index (χ0v) is 12.5. The Morgan fingerprint density at radius 2 is 1.70 bits per heavy atom. The van der Waals surface area contributed by atoms with E-state index in [0.29, 0.717) is 22.7 Å². The predicted molar refractivity (Wildman–Crippen MR) is 90.3 cm³/mol. The summed E-state index contributed by atoms with van der Waals surface area (Å²) in [5, 5.41) is 2.70. The Balaban J connectivity index is 0.00000264. The molecule has 0 fully saturated rings. The minimum Gasteiger partial charge on any atom is -0.497 e. The van der Waals surface area contributed by atoms with Crippen LogP contribution in [0.15, 0.2) is 48.5 Å². The molecule has 2 aromatic rings. The van der Waals surface area contributed by atoms with Crippen molar-refractivity contribution in [3.05, 3.63) is 54.1 Å². The van der Waals surface area contributed by atoms with E-state index in [4.69, 9.17) is 9.47 Å². The van der Waals surface area contributed by atoms with Gasteiger partial charge in [-0.3, -0.25) is 9.59 Å². The molecular weight excluding hydrogens is 294 g/mol. The van der Waals surface area contributed by atoms with Gasteiger partial charge in [-0.1, -0.05) is 13.5 Å². The van der Waals surface area contributed by atoms with Gasteiger partial charge in [0.05, 0.1) is 7.11 Å². The maximum atomic E-state index is 11.8. The molecule has 1 N–H and O–H groups in total. The average molecular weight is 315 g/mol. The third-order valence-electron chi connectivity index (χ3n) is 2.99. The van der Waals surface area contributed by atoms with E-state index in [1.807, 2.05) is 0 Å². The molecule has 2 aromatic carbocycles. The van der Waals surface area contributed by atoms with Crippen LogP contribution in [0.3, 0.4) is 0 Å². The van der Waals surface area contributed by atoms with Gasteiger partial charge in [0.25, 0.3) is 5.91 Å². The Morgan fingerprint density at radius 1 is 1.04 bits per heavy atom. The van der Waals surface area contributed by atoms with Crippen molar-refractivity contribution in [3.8, 4) is 11.5 Å². The fourth-order valence-corrected chi connectivity index (χ4v) is 1.83. The molecule has 0 aromatic heterocycles. The molecule has 0 bridgehead atoms. The number of carbonyl (C=O) groups excluding carboxylic acids is 2. The Morgan fingerprint density at radius 3 is 2.30 bits per heavy atom. The van der Waals surface area contributed by atoms with Gasteiger partial charge in [-0.05, 0) is 43.3 Å². The topological polar surface area (TPSA) is 64.6 Å². The smallest absolute Gasteiger partial charge is 0.262 e. The first-order valence-electron chi connectivity index (χ1n) is 6.76. The van der Waals surface area contributed by atoms with E-state index in [1.165, 1.54) is 6.92 Å². The number of benzene rings is 2. The lowest BCUT2D eigenvalue weighted by Gasteiger charge is -2.08. The highest BCUT2D eigenvalue weighted by Gasteiger charge is 2.05. The summed E-state index contributed by atoms with van der Waals surface area (Å²) in [5.74, 6) is 0.928. The van der Waals surface area contributed by atoms with Crippen molar-refractivity contribution in [3.63, 3.8) is 0 Å². The maximum absolute atomic E-state index is 11.8. The van der Waals surface area contributed by atoms with Crippen molar-refractivity contribution in [2.75, 3.05) is 19.0 Å². The van der Waals surface area contributed by atoms with Crippen LogP contribution in [-0.2, 0) is 4.79 Å². The van der Waals surface area contributed by atoms with E-state index in [9.17, 15) is 9.59 Å². The summed E-state index contributed by atoms with van der Waals surface area (Å²) in [6, 6.07) is 13.7. The summed E-state index contributed by atoms with van der Waals surface area (Å²) in [6.07, 6.45) is 0. The zero-order chi connectivity index (χ0) is 15.9. The van der Waals surface area contributed by atoms with Gasteiger partial charge in [0, 0.05) is 17.3 Å². The summed E-state index contributed by atoms with van der Waals surface area (Å²) >= 11 is 0. The van der Waals surface area contributed by atoms with Crippen molar-refractivity contribution >= 4 is 17.4 Å². The SMILES string of the molecule is C.COc1cccc(OCC(=O)Nc2ccc(C(C)=O)cc2)c1. The first-order valence-corrected chi connectivity index (χ1v) is 6.76. The number of hydrogen-bond acceptors (Lipinski definition) is 4. The van der Waals surface area contributed by atoms with Crippen molar-refractivity contribution in [1.29, 1.82) is 0 Å². The molecule has 0 unspecified atom stereocenters. The quantitative estimate of drug-likeness (QED) is 0.828. The van der Waals surface area contributed by atoms with Crippen LogP contribution in [0.2, 0.25) is 0 Å². The molecule has 2 rings (SSSR count). The van der Waals surface area contributed by atoms with E-state index in [1.54, 1.807) is 55.6 Å². The summed E-state index contributed by atoms with van der Waals surface area (Å²) in [6.45, 7) is 1.39. The molecule has 0 aliphatic heterocycles. The number of ketones is 1. The second kappa shape index (κ2) is 8.58. The van der Waals surface area contributed by atoms with Gasteiger partial charge in [0.2, 0.25) is 0 Å². The van der Waals surface area contributed by atoms with Gasteiger partial charge in [-0.25, -0.2) is 0 Å². The Hall–Kier alpha value is -2.82. The molecule has 0 radical (unpaired) electrons. The van der Waals surface area contributed by atoms with E-state index >= 15 is 0 Å². The fourth-order valence-electron chi connectivity index (χ4n) is 1.83. The average Bonchev–Trinajstić information content (AvgIpc) is 2.53. The normalized spacial score (nSPS) is 9.48. The minimum absolute atomic E-state index is 0. The number of carbonyl (C=O) groups is 2. The fraction of sp³-hybridized carbons (Fsp3) is 0.222. The third kappa shape index (κ3) is 5.47. The number of rotatable bonds is 6. The number of amides is 1. The molecule has 0 aliphatic carbocycles. The number of methoxy groups -OCH3 is 1. The van der Waals surface area contributed by atoms with E-state index in [0.717, 1.165) is 0 Å². The number of nitrogens with one attached hydrogen (secondary N) is 1. The van der Waals surface area contributed by atoms with Gasteiger partial charge < -0.3 is 14.8 Å². The van der Waals surface area contributed by atoms with Crippen molar-refractivity contribution in [1.82, 2.24) is 0 Å². The molecule has 0 atom stereocenters. The van der Waals surface area contributed by atoms with Crippen LogP contribution in [0, 0.1) is 0 Å². The van der Waals surface area contributed by atoms with Crippen LogP contribution < -0.4 is 14.8 Å². The molecule has 23 heavy (non-hydrogen) atoms. The Bertz CT molecular complexity index is 665. The monoisotopic (exact) mass is 315 g/mol. The molecule has 0 saturated heterocycles. The van der Waals surface area contributed by atoms with E-state index in [2.05, 4.69) is 5.32 Å². The van der Waals surface area contributed by atoms with Crippen LogP contribution in [0.1, 0.15) is 24.7 Å². The number of anilines is 1. The molecule has 0 spiro atoms. The Kier molecular flexibility index (Phi) is 6.80. The first-order chi connectivity index (χ1) is 10.6. The molecule has 5 nitrogen and oxygen atoms in total. The summed E-state index contributed by atoms with van der Waals surface area (Å²) in [4.78, 5) is 23.0. The molecule has 122 valence electrons. The van der Waals surface area contributed by atoms with Crippen LogP contribution in [-0.4, -0.2) is 25.4 Å². The number of Topliss-reactive ketones (excluding diaryl/α,β-unsaturated/α-hetero) is 1. The molecular formula is C18H21NO4. The minimum atomic E-state index is -0.279. The van der Waals surface area contributed by atoms with Crippen molar-refractivity contribution < 1.29 is 19.1 Å². The molecule has 0 aliphatic rings. The second-order valence-electron chi connectivity index (χ2n) is 4.65. The lowest BCUT2D eigenvalue weighted by atomic mass is 10.1. The molecule has 5 heteroatoms. The van der Waals surface area contributed by atoms with Gasteiger partial charge in [0.1, 0.15) is 11.5 Å². The first kappa shape index (κ1) is 18.2. The van der Waals surface area contributed by atoms with Gasteiger partial charge >= 0.3 is 0 Å². The predicted octanol–water partition coefficient (Wildman–Crippen LogP) is 3.55. The van der Waals surface area contributed by atoms with Crippen LogP contribution in [0.4, 0.5) is 5.69 Å². The lowest BCUT2D eigenvalue weighted by Crippen LogP contribution is -2.20. The van der Waals surface area contributed by atoms with Gasteiger partial charge in [0.15, 0.2) is 12.4 Å². The lowest BCUT2D eigenvalue weighted by molar-refractivity contribution is -0.118. The van der Waals surface area contributed by atoms with E-state index in [-0.39, 0.29) is 25.7 Å². The zero-order valence-electron chi connectivity index (χ0n) is 12.5. The highest BCUT2D eigenvalue weighted by molar-refractivity contribution is 5.95. The summed E-state index contributed by atoms with van der Waals surface area (Å²) in [5.41, 5.74) is 1.22. The maximum Gasteiger partial charge on any atom is 0.262 e. The second-order valence-corrected chi connectivity index (χ2v) is 4.65. The van der Waals surface area contributed by atoms with Gasteiger partial charge in [-0.2, -0.15) is 0 Å². The molecule has 0 heterocycles. The van der Waals surface area contributed by atoms with Gasteiger partial charge in [-0.15, -0.1) is 0 Å². The summed E-state index contributed by atoms with van der Waals surface area (Å²) < 4.78 is 10.5. The highest BCUT2D eigenvalue weighted by Crippen LogP contribution is 2.18. The van der Waals surface area contributed by atoms with E-state index < -0.39 is 0 Å².